The van der Waals surface area contributed by atoms with Crippen LogP contribution in [0.5, 0.6) is 5.88 Å². The molecule has 1 aliphatic rings. The Morgan fingerprint density at radius 2 is 2.09 bits per heavy atom. The fourth-order valence-corrected chi connectivity index (χ4v) is 5.22. The van der Waals surface area contributed by atoms with Crippen molar-refractivity contribution in [3.8, 4) is 5.88 Å². The summed E-state index contributed by atoms with van der Waals surface area (Å²) >= 11 is 3.30. The van der Waals surface area contributed by atoms with Crippen molar-refractivity contribution in [2.75, 3.05) is 13.1 Å². The van der Waals surface area contributed by atoms with Gasteiger partial charge in [-0.2, -0.15) is 4.52 Å². The second-order valence-corrected chi connectivity index (χ2v) is 7.65. The van der Waals surface area contributed by atoms with Gasteiger partial charge in [0.2, 0.25) is 10.8 Å². The molecule has 4 heterocycles. The number of rotatable bonds is 3. The van der Waals surface area contributed by atoms with Crippen LogP contribution < -0.4 is 0 Å². The van der Waals surface area contributed by atoms with E-state index in [0.717, 1.165) is 22.9 Å². The maximum absolute atomic E-state index is 10.7. The summed E-state index contributed by atoms with van der Waals surface area (Å²) < 4.78 is 1.57. The zero-order valence-electron chi connectivity index (χ0n) is 12.4. The second-order valence-electron chi connectivity index (χ2n) is 5.66. The fourth-order valence-electron chi connectivity index (χ4n) is 3.12. The summed E-state index contributed by atoms with van der Waals surface area (Å²) in [5.74, 6) is 0.934. The van der Waals surface area contributed by atoms with Crippen molar-refractivity contribution < 1.29 is 5.11 Å². The van der Waals surface area contributed by atoms with Crippen LogP contribution >= 0.6 is 22.7 Å². The highest BCUT2D eigenvalue weighted by Gasteiger charge is 2.30. The Balaban J connectivity index is 1.81. The number of aromatic hydroxyl groups is 1. The lowest BCUT2D eigenvalue weighted by Gasteiger charge is -2.33. The third-order valence-corrected chi connectivity index (χ3v) is 6.12. The topological polar surface area (TPSA) is 53.7 Å². The lowest BCUT2D eigenvalue weighted by molar-refractivity contribution is 0.188. The van der Waals surface area contributed by atoms with E-state index in [0.29, 0.717) is 5.82 Å². The minimum atomic E-state index is 0.120. The Hall–Kier alpha value is -1.44. The number of thiophene rings is 1. The number of hydrogen-bond donors (Lipinski definition) is 1. The molecular formula is C15H18N4OS2. The Morgan fingerprint density at radius 1 is 1.27 bits per heavy atom. The molecule has 1 N–H and O–H groups in total. The second kappa shape index (κ2) is 5.64. The van der Waals surface area contributed by atoms with E-state index in [4.69, 9.17) is 0 Å². The van der Waals surface area contributed by atoms with E-state index in [1.807, 2.05) is 6.92 Å². The molecule has 5 nitrogen and oxygen atoms in total. The number of fused-ring (bicyclic) bond motifs is 1. The van der Waals surface area contributed by atoms with Crippen molar-refractivity contribution in [3.05, 3.63) is 33.1 Å². The van der Waals surface area contributed by atoms with E-state index in [1.165, 1.54) is 24.1 Å². The predicted octanol–water partition coefficient (Wildman–Crippen LogP) is 3.44. The van der Waals surface area contributed by atoms with E-state index in [1.54, 1.807) is 27.2 Å². The molecule has 1 aliphatic heterocycles. The molecule has 0 amide bonds. The molecule has 0 bridgehead atoms. The molecule has 3 aromatic rings. The first kappa shape index (κ1) is 14.2. The zero-order valence-corrected chi connectivity index (χ0v) is 14.0. The zero-order chi connectivity index (χ0) is 15.1. The Kier molecular flexibility index (Phi) is 3.63. The van der Waals surface area contributed by atoms with Crippen LogP contribution in [0.1, 0.15) is 40.9 Å². The molecule has 0 saturated carbocycles. The molecule has 22 heavy (non-hydrogen) atoms. The maximum Gasteiger partial charge on any atom is 0.230 e. The highest BCUT2D eigenvalue weighted by Crippen LogP contribution is 2.42. The quantitative estimate of drug-likeness (QED) is 0.797. The van der Waals surface area contributed by atoms with E-state index in [2.05, 4.69) is 32.5 Å². The van der Waals surface area contributed by atoms with Crippen molar-refractivity contribution in [2.45, 2.75) is 32.2 Å². The van der Waals surface area contributed by atoms with Crippen LogP contribution in [-0.2, 0) is 0 Å². The number of thiazole rings is 1. The van der Waals surface area contributed by atoms with Gasteiger partial charge in [-0.15, -0.1) is 16.4 Å². The summed E-state index contributed by atoms with van der Waals surface area (Å²) in [7, 11) is 0. The smallest absolute Gasteiger partial charge is 0.230 e. The van der Waals surface area contributed by atoms with Gasteiger partial charge in [0.15, 0.2) is 0 Å². The summed E-state index contributed by atoms with van der Waals surface area (Å²) in [5.41, 5.74) is 0. The van der Waals surface area contributed by atoms with Gasteiger partial charge >= 0.3 is 0 Å². The summed E-state index contributed by atoms with van der Waals surface area (Å²) in [5, 5.41) is 17.0. The summed E-state index contributed by atoms with van der Waals surface area (Å²) in [6.45, 7) is 4.00. The van der Waals surface area contributed by atoms with Crippen LogP contribution in [0.3, 0.4) is 0 Å². The molecule has 7 heteroatoms. The van der Waals surface area contributed by atoms with E-state index in [-0.39, 0.29) is 11.9 Å². The van der Waals surface area contributed by atoms with Gasteiger partial charge in [0.1, 0.15) is 5.82 Å². The van der Waals surface area contributed by atoms with Crippen LogP contribution in [0, 0.1) is 6.92 Å². The molecule has 1 atom stereocenters. The van der Waals surface area contributed by atoms with Crippen LogP contribution in [0.4, 0.5) is 0 Å². The standard InChI is InChI=1S/C15H18N4OS2/c1-10-16-15-19(17-10)14(20)13(22-15)12(11-6-5-9-21-11)18-7-3-2-4-8-18/h5-6,9,12,20H,2-4,7-8H2,1H3/t12-/m1/s1. The molecule has 1 fully saturated rings. The van der Waals surface area contributed by atoms with Crippen LogP contribution in [0.15, 0.2) is 17.5 Å². The van der Waals surface area contributed by atoms with Gasteiger partial charge < -0.3 is 5.11 Å². The molecule has 0 aliphatic carbocycles. The van der Waals surface area contributed by atoms with Crippen molar-refractivity contribution in [3.63, 3.8) is 0 Å². The van der Waals surface area contributed by atoms with Gasteiger partial charge in [-0.1, -0.05) is 23.8 Å². The van der Waals surface area contributed by atoms with E-state index < -0.39 is 0 Å². The Labute approximate surface area is 136 Å². The SMILES string of the molecule is Cc1nc2sc([C@@H](c3cccs3)N3CCCCC3)c(O)n2n1. The lowest BCUT2D eigenvalue weighted by atomic mass is 10.1. The van der Waals surface area contributed by atoms with Crippen molar-refractivity contribution in [1.82, 2.24) is 19.5 Å². The lowest BCUT2D eigenvalue weighted by Crippen LogP contribution is -2.33. The molecule has 4 rings (SSSR count). The van der Waals surface area contributed by atoms with Gasteiger partial charge in [0, 0.05) is 4.88 Å². The summed E-state index contributed by atoms with van der Waals surface area (Å²) in [4.78, 5) is 9.88. The van der Waals surface area contributed by atoms with Crippen molar-refractivity contribution in [1.29, 1.82) is 0 Å². The number of nitrogens with zero attached hydrogens (tertiary/aromatic N) is 4. The van der Waals surface area contributed by atoms with Crippen molar-refractivity contribution >= 4 is 27.6 Å². The molecule has 0 radical (unpaired) electrons. The first-order valence-electron chi connectivity index (χ1n) is 7.56. The van der Waals surface area contributed by atoms with Gasteiger partial charge in [-0.25, -0.2) is 4.98 Å². The number of aromatic nitrogens is 3. The third-order valence-electron chi connectivity index (χ3n) is 4.12. The number of hydrogen-bond acceptors (Lipinski definition) is 6. The first-order chi connectivity index (χ1) is 10.7. The minimum Gasteiger partial charge on any atom is -0.492 e. The monoisotopic (exact) mass is 334 g/mol. The third kappa shape index (κ3) is 2.33. The Bertz CT molecular complexity index is 771. The molecule has 0 spiro atoms. The summed E-state index contributed by atoms with van der Waals surface area (Å²) in [6, 6.07) is 4.36. The number of aryl methyl sites for hydroxylation is 1. The highest BCUT2D eigenvalue weighted by molar-refractivity contribution is 7.17. The maximum atomic E-state index is 10.7. The van der Waals surface area contributed by atoms with Crippen LogP contribution in [0.25, 0.3) is 4.96 Å². The largest absolute Gasteiger partial charge is 0.492 e. The average Bonchev–Trinajstić information content (AvgIpc) is 3.22. The molecule has 0 aromatic carbocycles. The Morgan fingerprint density at radius 3 is 2.77 bits per heavy atom. The normalized spacial score (nSPS) is 18.0. The van der Waals surface area contributed by atoms with E-state index in [9.17, 15) is 5.11 Å². The minimum absolute atomic E-state index is 0.120. The van der Waals surface area contributed by atoms with Crippen LogP contribution in [-0.4, -0.2) is 37.7 Å². The fraction of sp³-hybridized carbons (Fsp3) is 0.467. The number of piperidine rings is 1. The van der Waals surface area contributed by atoms with Crippen LogP contribution in [0.2, 0.25) is 0 Å². The molecule has 0 unspecified atom stereocenters. The highest BCUT2D eigenvalue weighted by atomic mass is 32.1. The average molecular weight is 334 g/mol. The van der Waals surface area contributed by atoms with Gasteiger partial charge in [0.05, 0.1) is 10.9 Å². The van der Waals surface area contributed by atoms with Gasteiger partial charge in [-0.3, -0.25) is 4.90 Å². The van der Waals surface area contributed by atoms with Gasteiger partial charge in [-0.05, 0) is 44.3 Å². The van der Waals surface area contributed by atoms with E-state index >= 15 is 0 Å². The molecular weight excluding hydrogens is 316 g/mol. The number of likely N-dealkylation sites (tertiary alicyclic amines) is 1. The van der Waals surface area contributed by atoms with Gasteiger partial charge in [0.25, 0.3) is 0 Å². The molecule has 116 valence electrons. The first-order valence-corrected chi connectivity index (χ1v) is 9.26. The molecule has 1 saturated heterocycles. The predicted molar refractivity (Wildman–Crippen MR) is 88.9 cm³/mol. The summed E-state index contributed by atoms with van der Waals surface area (Å²) in [6.07, 6.45) is 3.75. The molecule has 3 aromatic heterocycles. The van der Waals surface area contributed by atoms with Crippen molar-refractivity contribution in [2.24, 2.45) is 0 Å².